The number of esters is 1. The van der Waals surface area contributed by atoms with Crippen LogP contribution < -0.4 is 5.32 Å². The van der Waals surface area contributed by atoms with Crippen LogP contribution in [0.2, 0.25) is 5.02 Å². The maximum atomic E-state index is 12.8. The lowest BCUT2D eigenvalue weighted by atomic mass is 10.0. The van der Waals surface area contributed by atoms with Crippen LogP contribution in [0.25, 0.3) is 0 Å². The number of hydrogen-bond acceptors (Lipinski definition) is 3. The van der Waals surface area contributed by atoms with Crippen molar-refractivity contribution in [1.29, 1.82) is 0 Å². The molecule has 0 aliphatic carbocycles. The molecule has 0 bridgehead atoms. The first kappa shape index (κ1) is 19.8. The molecule has 0 heterocycles. The second-order valence-electron chi connectivity index (χ2n) is 5.42. The van der Waals surface area contributed by atoms with E-state index in [2.05, 4.69) is 10.1 Å². The van der Waals surface area contributed by atoms with E-state index in [1.54, 1.807) is 24.3 Å². The van der Waals surface area contributed by atoms with Gasteiger partial charge in [0.05, 0.1) is 12.7 Å². The predicted molar refractivity (Wildman–Crippen MR) is 89.9 cm³/mol. The molecule has 0 aromatic heterocycles. The van der Waals surface area contributed by atoms with Crippen molar-refractivity contribution in [3.05, 3.63) is 70.2 Å². The van der Waals surface area contributed by atoms with Crippen molar-refractivity contribution in [1.82, 2.24) is 5.32 Å². The van der Waals surface area contributed by atoms with E-state index < -0.39 is 29.7 Å². The van der Waals surface area contributed by atoms with E-state index in [0.29, 0.717) is 10.6 Å². The summed E-state index contributed by atoms with van der Waals surface area (Å²) in [6.07, 6.45) is -4.54. The van der Waals surface area contributed by atoms with Gasteiger partial charge in [-0.25, -0.2) is 4.79 Å². The first-order chi connectivity index (χ1) is 12.2. The average Bonchev–Trinajstić information content (AvgIpc) is 2.61. The SMILES string of the molecule is COC(=O)[C@H](Cc1ccccc1Cl)NC(=O)c1cccc(C(F)(F)F)c1. The summed E-state index contributed by atoms with van der Waals surface area (Å²) in [7, 11) is 1.15. The molecule has 4 nitrogen and oxygen atoms in total. The van der Waals surface area contributed by atoms with Gasteiger partial charge in [-0.05, 0) is 29.8 Å². The molecule has 2 aromatic carbocycles. The predicted octanol–water partition coefficient (Wildman–Crippen LogP) is 3.87. The van der Waals surface area contributed by atoms with Crippen LogP contribution in [0.5, 0.6) is 0 Å². The molecular weight excluding hydrogens is 371 g/mol. The summed E-state index contributed by atoms with van der Waals surface area (Å²) in [6, 6.07) is 9.56. The van der Waals surface area contributed by atoms with Crippen LogP contribution in [0.1, 0.15) is 21.5 Å². The van der Waals surface area contributed by atoms with Gasteiger partial charge in [-0.15, -0.1) is 0 Å². The molecule has 8 heteroatoms. The number of rotatable bonds is 5. The quantitative estimate of drug-likeness (QED) is 0.795. The number of halogens is 4. The number of amides is 1. The number of ether oxygens (including phenoxy) is 1. The second kappa shape index (κ2) is 8.23. The van der Waals surface area contributed by atoms with Crippen LogP contribution in [0.4, 0.5) is 13.2 Å². The van der Waals surface area contributed by atoms with Crippen molar-refractivity contribution < 1.29 is 27.5 Å². The number of carbonyl (C=O) groups excluding carboxylic acids is 2. The number of nitrogens with one attached hydrogen (secondary N) is 1. The molecule has 1 amide bonds. The van der Waals surface area contributed by atoms with Gasteiger partial charge in [0.25, 0.3) is 5.91 Å². The summed E-state index contributed by atoms with van der Waals surface area (Å²) in [5.74, 6) is -1.55. The third kappa shape index (κ3) is 4.98. The lowest BCUT2D eigenvalue weighted by Crippen LogP contribution is -2.43. The van der Waals surface area contributed by atoms with Crippen molar-refractivity contribution in [2.24, 2.45) is 0 Å². The molecule has 0 spiro atoms. The number of carbonyl (C=O) groups is 2. The van der Waals surface area contributed by atoms with Crippen molar-refractivity contribution in [2.45, 2.75) is 18.6 Å². The summed E-state index contributed by atoms with van der Waals surface area (Å²) in [6.45, 7) is 0. The first-order valence-corrected chi connectivity index (χ1v) is 7.89. The molecule has 0 radical (unpaired) electrons. The third-order valence-corrected chi connectivity index (χ3v) is 3.99. The normalized spacial score (nSPS) is 12.3. The van der Waals surface area contributed by atoms with Crippen LogP contribution in [-0.2, 0) is 22.1 Å². The summed E-state index contributed by atoms with van der Waals surface area (Å²) in [5.41, 5.74) is -0.576. The molecule has 2 rings (SSSR count). The number of alkyl halides is 3. The van der Waals surface area contributed by atoms with Crippen molar-refractivity contribution >= 4 is 23.5 Å². The average molecular weight is 386 g/mol. The van der Waals surface area contributed by atoms with Gasteiger partial charge in [-0.1, -0.05) is 35.9 Å². The zero-order chi connectivity index (χ0) is 19.3. The smallest absolute Gasteiger partial charge is 0.416 e. The number of methoxy groups -OCH3 is 1. The highest BCUT2D eigenvalue weighted by molar-refractivity contribution is 6.31. The molecule has 0 aliphatic heterocycles. The van der Waals surface area contributed by atoms with E-state index in [4.69, 9.17) is 11.6 Å². The van der Waals surface area contributed by atoms with E-state index in [1.807, 2.05) is 0 Å². The Morgan fingerprint density at radius 1 is 1.15 bits per heavy atom. The minimum absolute atomic E-state index is 0.0387. The van der Waals surface area contributed by atoms with E-state index in [-0.39, 0.29) is 12.0 Å². The first-order valence-electron chi connectivity index (χ1n) is 7.51. The highest BCUT2D eigenvalue weighted by Crippen LogP contribution is 2.29. The zero-order valence-electron chi connectivity index (χ0n) is 13.6. The Morgan fingerprint density at radius 3 is 2.46 bits per heavy atom. The molecule has 26 heavy (non-hydrogen) atoms. The van der Waals surface area contributed by atoms with Gasteiger partial charge < -0.3 is 10.1 Å². The van der Waals surface area contributed by atoms with Crippen LogP contribution in [0.15, 0.2) is 48.5 Å². The van der Waals surface area contributed by atoms with Crippen molar-refractivity contribution in [3.63, 3.8) is 0 Å². The molecule has 0 aliphatic rings. The maximum absolute atomic E-state index is 12.8. The number of benzene rings is 2. The Labute approximate surface area is 152 Å². The van der Waals surface area contributed by atoms with Crippen LogP contribution in [-0.4, -0.2) is 25.0 Å². The maximum Gasteiger partial charge on any atom is 0.416 e. The fourth-order valence-corrected chi connectivity index (χ4v) is 2.51. The van der Waals surface area contributed by atoms with E-state index in [1.165, 1.54) is 6.07 Å². The molecule has 0 saturated carbocycles. The molecule has 0 fully saturated rings. The van der Waals surface area contributed by atoms with Gasteiger partial charge in [0.1, 0.15) is 6.04 Å². The fourth-order valence-electron chi connectivity index (χ4n) is 2.30. The molecule has 0 saturated heterocycles. The highest BCUT2D eigenvalue weighted by atomic mass is 35.5. The van der Waals surface area contributed by atoms with Gasteiger partial charge in [-0.2, -0.15) is 13.2 Å². The molecule has 138 valence electrons. The fraction of sp³-hybridized carbons (Fsp3) is 0.222. The third-order valence-electron chi connectivity index (χ3n) is 3.62. The van der Waals surface area contributed by atoms with Crippen molar-refractivity contribution in [2.75, 3.05) is 7.11 Å². The Bertz CT molecular complexity index is 808. The van der Waals surface area contributed by atoms with Gasteiger partial charge in [0, 0.05) is 17.0 Å². The molecule has 1 atom stereocenters. The summed E-state index contributed by atoms with van der Waals surface area (Å²) in [4.78, 5) is 24.3. The Hall–Kier alpha value is -2.54. The molecule has 0 unspecified atom stereocenters. The van der Waals surface area contributed by atoms with E-state index in [0.717, 1.165) is 25.3 Å². The lowest BCUT2D eigenvalue weighted by molar-refractivity contribution is -0.143. The molecular formula is C18H15ClF3NO3. The minimum Gasteiger partial charge on any atom is -0.467 e. The van der Waals surface area contributed by atoms with Gasteiger partial charge in [-0.3, -0.25) is 4.79 Å². The summed E-state index contributed by atoms with van der Waals surface area (Å²) >= 11 is 6.05. The van der Waals surface area contributed by atoms with Gasteiger partial charge >= 0.3 is 12.1 Å². The van der Waals surface area contributed by atoms with E-state index >= 15 is 0 Å². The van der Waals surface area contributed by atoms with Gasteiger partial charge in [0.15, 0.2) is 0 Å². The molecule has 1 N–H and O–H groups in total. The lowest BCUT2D eigenvalue weighted by Gasteiger charge is -2.17. The van der Waals surface area contributed by atoms with E-state index in [9.17, 15) is 22.8 Å². The zero-order valence-corrected chi connectivity index (χ0v) is 14.4. The molecule has 2 aromatic rings. The Kier molecular flexibility index (Phi) is 6.26. The Morgan fingerprint density at radius 2 is 1.85 bits per heavy atom. The summed E-state index contributed by atoms with van der Waals surface area (Å²) in [5, 5.41) is 2.80. The Balaban J connectivity index is 2.22. The topological polar surface area (TPSA) is 55.4 Å². The number of hydrogen-bond donors (Lipinski definition) is 1. The minimum atomic E-state index is -4.57. The standard InChI is InChI=1S/C18H15ClF3NO3/c1-26-17(25)15(10-11-5-2-3-8-14(11)19)23-16(24)12-6-4-7-13(9-12)18(20,21)22/h2-9,15H,10H2,1H3,(H,23,24)/t15-/m0/s1. The van der Waals surface area contributed by atoms with Crippen LogP contribution in [0, 0.1) is 0 Å². The van der Waals surface area contributed by atoms with Crippen LogP contribution >= 0.6 is 11.6 Å². The highest BCUT2D eigenvalue weighted by Gasteiger charge is 2.31. The second-order valence-corrected chi connectivity index (χ2v) is 5.83. The monoisotopic (exact) mass is 385 g/mol. The largest absolute Gasteiger partial charge is 0.467 e. The summed E-state index contributed by atoms with van der Waals surface area (Å²) < 4.78 is 43.0. The van der Waals surface area contributed by atoms with Crippen LogP contribution in [0.3, 0.4) is 0 Å². The van der Waals surface area contributed by atoms with Gasteiger partial charge in [0.2, 0.25) is 0 Å². The van der Waals surface area contributed by atoms with Crippen molar-refractivity contribution in [3.8, 4) is 0 Å².